The second kappa shape index (κ2) is 7.21. The van der Waals surface area contributed by atoms with Gasteiger partial charge in [-0.25, -0.2) is 15.0 Å². The number of halogens is 3. The van der Waals surface area contributed by atoms with Crippen LogP contribution in [0.1, 0.15) is 21.7 Å². The van der Waals surface area contributed by atoms with E-state index in [4.69, 9.17) is 0 Å². The Labute approximate surface area is 168 Å². The van der Waals surface area contributed by atoms with Crippen molar-refractivity contribution in [3.8, 4) is 11.4 Å². The van der Waals surface area contributed by atoms with Crippen molar-refractivity contribution < 1.29 is 18.0 Å². The minimum Gasteiger partial charge on any atom is -0.320 e. The van der Waals surface area contributed by atoms with Crippen LogP contribution in [0.25, 0.3) is 22.4 Å². The number of nitrogens with zero attached hydrogens (tertiary/aromatic N) is 5. The summed E-state index contributed by atoms with van der Waals surface area (Å²) in [5.41, 5.74) is 1.84. The monoisotopic (exact) mass is 412 g/mol. The van der Waals surface area contributed by atoms with Crippen LogP contribution in [0.5, 0.6) is 0 Å². The Hall–Kier alpha value is -3.82. The van der Waals surface area contributed by atoms with Crippen LogP contribution in [-0.2, 0) is 13.2 Å². The normalized spacial score (nSPS) is 11.6. The maximum Gasteiger partial charge on any atom is 0.433 e. The van der Waals surface area contributed by atoms with E-state index in [1.807, 2.05) is 6.92 Å². The standard InChI is InChI=1S/C20H15F3N6O/c1-11-9-12(3-4-13(11)28-19(30)16-7-8-25-29(16)2)18-24-10-15-14(27-18)5-6-17(26-15)20(21,22)23/h3-10H,1-2H3,(H,28,30). The molecule has 0 unspecified atom stereocenters. The molecule has 0 saturated heterocycles. The molecule has 3 heterocycles. The lowest BCUT2D eigenvalue weighted by Gasteiger charge is -2.11. The average Bonchev–Trinajstić information content (AvgIpc) is 3.14. The fraction of sp³-hybridized carbons (Fsp3) is 0.150. The van der Waals surface area contributed by atoms with Gasteiger partial charge in [0.25, 0.3) is 5.91 Å². The Bertz CT molecular complexity index is 1270. The molecule has 0 fully saturated rings. The van der Waals surface area contributed by atoms with E-state index in [9.17, 15) is 18.0 Å². The van der Waals surface area contributed by atoms with E-state index in [0.29, 0.717) is 28.3 Å². The third kappa shape index (κ3) is 3.71. The van der Waals surface area contributed by atoms with Gasteiger partial charge in [0.1, 0.15) is 16.9 Å². The summed E-state index contributed by atoms with van der Waals surface area (Å²) in [4.78, 5) is 24.4. The van der Waals surface area contributed by atoms with Crippen molar-refractivity contribution >= 4 is 22.6 Å². The maximum atomic E-state index is 12.8. The highest BCUT2D eigenvalue weighted by molar-refractivity contribution is 6.03. The predicted octanol–water partition coefficient (Wildman–Crippen LogP) is 4.00. The molecule has 0 aliphatic carbocycles. The van der Waals surface area contributed by atoms with Gasteiger partial charge in [-0.05, 0) is 48.9 Å². The molecule has 3 aromatic heterocycles. The van der Waals surface area contributed by atoms with Gasteiger partial charge in [-0.3, -0.25) is 9.48 Å². The number of fused-ring (bicyclic) bond motifs is 1. The first kappa shape index (κ1) is 19.5. The van der Waals surface area contributed by atoms with Crippen molar-refractivity contribution in [1.82, 2.24) is 24.7 Å². The number of carbonyl (C=O) groups is 1. The summed E-state index contributed by atoms with van der Waals surface area (Å²) in [6, 6.07) is 9.01. The lowest BCUT2D eigenvalue weighted by molar-refractivity contribution is -0.140. The van der Waals surface area contributed by atoms with E-state index >= 15 is 0 Å². The van der Waals surface area contributed by atoms with Crippen LogP contribution in [0.15, 0.2) is 48.8 Å². The molecule has 4 aromatic rings. The third-order valence-electron chi connectivity index (χ3n) is 4.51. The van der Waals surface area contributed by atoms with E-state index < -0.39 is 11.9 Å². The van der Waals surface area contributed by atoms with Gasteiger partial charge in [0, 0.05) is 24.5 Å². The quantitative estimate of drug-likeness (QED) is 0.550. The Kier molecular flexibility index (Phi) is 4.69. The van der Waals surface area contributed by atoms with E-state index in [-0.39, 0.29) is 11.4 Å². The topological polar surface area (TPSA) is 85.6 Å². The number of nitrogens with one attached hydrogen (secondary N) is 1. The number of rotatable bonds is 3. The van der Waals surface area contributed by atoms with Gasteiger partial charge in [-0.15, -0.1) is 0 Å². The van der Waals surface area contributed by atoms with Gasteiger partial charge in [0.2, 0.25) is 0 Å². The summed E-state index contributed by atoms with van der Waals surface area (Å²) in [6.07, 6.45) is -1.73. The maximum absolute atomic E-state index is 12.8. The Morgan fingerprint density at radius 1 is 1.07 bits per heavy atom. The van der Waals surface area contributed by atoms with Crippen LogP contribution in [0.2, 0.25) is 0 Å². The minimum absolute atomic E-state index is 0.0605. The molecule has 0 spiro atoms. The molecule has 0 bridgehead atoms. The summed E-state index contributed by atoms with van der Waals surface area (Å²) in [7, 11) is 1.68. The first-order valence-corrected chi connectivity index (χ1v) is 8.84. The van der Waals surface area contributed by atoms with Crippen molar-refractivity contribution in [2.75, 3.05) is 5.32 Å². The molecular formula is C20H15F3N6O. The number of carbonyl (C=O) groups excluding carboxylic acids is 1. The number of pyridine rings is 1. The molecule has 0 aliphatic heterocycles. The van der Waals surface area contributed by atoms with Crippen molar-refractivity contribution in [1.29, 1.82) is 0 Å². The molecule has 0 aliphatic rings. The largest absolute Gasteiger partial charge is 0.433 e. The number of aromatic nitrogens is 5. The van der Waals surface area contributed by atoms with Crippen LogP contribution < -0.4 is 5.32 Å². The third-order valence-corrected chi connectivity index (χ3v) is 4.51. The van der Waals surface area contributed by atoms with Gasteiger partial charge in [0.05, 0.1) is 11.7 Å². The molecular weight excluding hydrogens is 397 g/mol. The Morgan fingerprint density at radius 2 is 1.87 bits per heavy atom. The van der Waals surface area contributed by atoms with Gasteiger partial charge in [0.15, 0.2) is 5.82 Å². The van der Waals surface area contributed by atoms with Crippen molar-refractivity contribution in [3.63, 3.8) is 0 Å². The van der Waals surface area contributed by atoms with E-state index in [1.165, 1.54) is 23.1 Å². The van der Waals surface area contributed by atoms with E-state index in [0.717, 1.165) is 11.6 Å². The molecule has 1 aromatic carbocycles. The number of anilines is 1. The molecule has 0 atom stereocenters. The molecule has 0 radical (unpaired) electrons. The van der Waals surface area contributed by atoms with Crippen LogP contribution in [-0.4, -0.2) is 30.6 Å². The molecule has 4 rings (SSSR count). The van der Waals surface area contributed by atoms with Crippen molar-refractivity contribution in [3.05, 3.63) is 65.7 Å². The fourth-order valence-corrected chi connectivity index (χ4v) is 2.95. The zero-order valence-corrected chi connectivity index (χ0v) is 15.9. The Morgan fingerprint density at radius 3 is 2.53 bits per heavy atom. The average molecular weight is 412 g/mol. The second-order valence-electron chi connectivity index (χ2n) is 6.62. The minimum atomic E-state index is -4.53. The molecule has 7 nitrogen and oxygen atoms in total. The number of alkyl halides is 3. The highest BCUT2D eigenvalue weighted by Crippen LogP contribution is 2.29. The molecule has 1 amide bonds. The highest BCUT2D eigenvalue weighted by Gasteiger charge is 2.32. The summed E-state index contributed by atoms with van der Waals surface area (Å²) >= 11 is 0. The SMILES string of the molecule is Cc1cc(-c2ncc3nc(C(F)(F)F)ccc3n2)ccc1NC(=O)c1ccnn1C. The van der Waals surface area contributed by atoms with Gasteiger partial charge >= 0.3 is 6.18 Å². The number of aryl methyl sites for hydroxylation is 2. The zero-order chi connectivity index (χ0) is 21.5. The summed E-state index contributed by atoms with van der Waals surface area (Å²) in [6.45, 7) is 1.82. The number of benzene rings is 1. The summed E-state index contributed by atoms with van der Waals surface area (Å²) < 4.78 is 39.9. The van der Waals surface area contributed by atoms with E-state index in [2.05, 4.69) is 25.4 Å². The van der Waals surface area contributed by atoms with Crippen LogP contribution in [0.4, 0.5) is 18.9 Å². The lowest BCUT2D eigenvalue weighted by Crippen LogP contribution is -2.16. The van der Waals surface area contributed by atoms with Crippen LogP contribution >= 0.6 is 0 Å². The Balaban J connectivity index is 1.61. The zero-order valence-electron chi connectivity index (χ0n) is 15.9. The highest BCUT2D eigenvalue weighted by atomic mass is 19.4. The van der Waals surface area contributed by atoms with Gasteiger partial charge < -0.3 is 5.32 Å². The molecule has 152 valence electrons. The van der Waals surface area contributed by atoms with Crippen LogP contribution in [0, 0.1) is 6.92 Å². The fourth-order valence-electron chi connectivity index (χ4n) is 2.95. The molecule has 1 N–H and O–H groups in total. The predicted molar refractivity (Wildman–Crippen MR) is 104 cm³/mol. The number of hydrogen-bond acceptors (Lipinski definition) is 5. The van der Waals surface area contributed by atoms with Gasteiger partial charge in [-0.2, -0.15) is 18.3 Å². The van der Waals surface area contributed by atoms with Crippen molar-refractivity contribution in [2.24, 2.45) is 7.05 Å². The molecule has 0 saturated carbocycles. The first-order chi connectivity index (χ1) is 14.2. The lowest BCUT2D eigenvalue weighted by atomic mass is 10.1. The molecule has 30 heavy (non-hydrogen) atoms. The number of hydrogen-bond donors (Lipinski definition) is 1. The smallest absolute Gasteiger partial charge is 0.320 e. The van der Waals surface area contributed by atoms with Crippen LogP contribution in [0.3, 0.4) is 0 Å². The number of amides is 1. The molecule has 10 heteroatoms. The van der Waals surface area contributed by atoms with E-state index in [1.54, 1.807) is 31.3 Å². The second-order valence-corrected chi connectivity index (χ2v) is 6.62. The first-order valence-electron chi connectivity index (χ1n) is 8.84. The summed E-state index contributed by atoms with van der Waals surface area (Å²) in [5, 5.41) is 6.80. The van der Waals surface area contributed by atoms with Gasteiger partial charge in [-0.1, -0.05) is 0 Å². The van der Waals surface area contributed by atoms with Crippen molar-refractivity contribution in [2.45, 2.75) is 13.1 Å². The summed E-state index contributed by atoms with van der Waals surface area (Å²) in [5.74, 6) is 0.0519.